The molecule has 6 nitrogen and oxygen atoms in total. The van der Waals surface area contributed by atoms with Gasteiger partial charge >= 0.3 is 0 Å². The van der Waals surface area contributed by atoms with Crippen LogP contribution in [0.15, 0.2) is 34.7 Å². The van der Waals surface area contributed by atoms with Crippen LogP contribution in [0.2, 0.25) is 0 Å². The number of aliphatic hydroxyl groups is 1. The molecule has 23 heavy (non-hydrogen) atoms. The molecule has 0 saturated carbocycles. The lowest BCUT2D eigenvalue weighted by atomic mass is 10.1. The van der Waals surface area contributed by atoms with Gasteiger partial charge in [-0.3, -0.25) is 9.80 Å². The van der Waals surface area contributed by atoms with Gasteiger partial charge in [0.05, 0.1) is 13.2 Å². The summed E-state index contributed by atoms with van der Waals surface area (Å²) in [5.41, 5.74) is 0.949. The van der Waals surface area contributed by atoms with Crippen LogP contribution in [0.5, 0.6) is 0 Å². The molecule has 2 heterocycles. The zero-order valence-corrected chi connectivity index (χ0v) is 13.6. The molecule has 1 N–H and O–H groups in total. The summed E-state index contributed by atoms with van der Waals surface area (Å²) in [6.07, 6.45) is 0.987. The number of hydrogen-bond donors (Lipinski definition) is 1. The highest BCUT2D eigenvalue weighted by molar-refractivity contribution is 5.51. The van der Waals surface area contributed by atoms with E-state index in [0.717, 1.165) is 38.2 Å². The van der Waals surface area contributed by atoms with Crippen molar-refractivity contribution in [3.63, 3.8) is 0 Å². The van der Waals surface area contributed by atoms with E-state index in [2.05, 4.69) is 26.9 Å². The number of nitrogens with zero attached hydrogens (tertiary/aromatic N) is 4. The molecular formula is C17H24N4O2. The maximum atomic E-state index is 9.40. The highest BCUT2D eigenvalue weighted by Crippen LogP contribution is 2.18. The lowest BCUT2D eigenvalue weighted by molar-refractivity contribution is 0.0577. The average Bonchev–Trinajstić information content (AvgIpc) is 3.07. The van der Waals surface area contributed by atoms with Crippen molar-refractivity contribution in [1.82, 2.24) is 20.0 Å². The van der Waals surface area contributed by atoms with Crippen LogP contribution in [-0.4, -0.2) is 63.9 Å². The van der Waals surface area contributed by atoms with Crippen LogP contribution in [0.3, 0.4) is 0 Å². The maximum Gasteiger partial charge on any atom is 0.247 e. The molecule has 0 amide bonds. The van der Waals surface area contributed by atoms with Gasteiger partial charge in [-0.25, -0.2) is 0 Å². The van der Waals surface area contributed by atoms with Crippen LogP contribution >= 0.6 is 0 Å². The third kappa shape index (κ3) is 3.96. The van der Waals surface area contributed by atoms with Gasteiger partial charge in [-0.2, -0.15) is 0 Å². The molecule has 1 fully saturated rings. The molecule has 1 saturated heterocycles. The van der Waals surface area contributed by atoms with E-state index in [1.807, 2.05) is 30.3 Å². The molecule has 0 aliphatic carbocycles. The highest BCUT2D eigenvalue weighted by atomic mass is 16.4. The van der Waals surface area contributed by atoms with E-state index in [9.17, 15) is 5.11 Å². The fraction of sp³-hybridized carbons (Fsp3) is 0.529. The number of benzene rings is 1. The molecule has 1 aliphatic rings. The third-order valence-electron chi connectivity index (χ3n) is 4.45. The Morgan fingerprint density at radius 1 is 1.13 bits per heavy atom. The first-order chi connectivity index (χ1) is 11.3. The van der Waals surface area contributed by atoms with Gasteiger partial charge < -0.3 is 9.52 Å². The van der Waals surface area contributed by atoms with Crippen molar-refractivity contribution in [2.24, 2.45) is 0 Å². The summed E-state index contributed by atoms with van der Waals surface area (Å²) in [5.74, 6) is 1.23. The maximum absolute atomic E-state index is 9.40. The van der Waals surface area contributed by atoms with Crippen molar-refractivity contribution >= 4 is 0 Å². The fourth-order valence-corrected chi connectivity index (χ4v) is 3.00. The van der Waals surface area contributed by atoms with E-state index >= 15 is 0 Å². The number of piperazine rings is 1. The van der Waals surface area contributed by atoms with Crippen LogP contribution in [0.1, 0.15) is 19.2 Å². The third-order valence-corrected chi connectivity index (χ3v) is 4.45. The van der Waals surface area contributed by atoms with Gasteiger partial charge in [0.2, 0.25) is 11.8 Å². The van der Waals surface area contributed by atoms with Crippen LogP contribution < -0.4 is 0 Å². The summed E-state index contributed by atoms with van der Waals surface area (Å²) in [6, 6.07) is 10.1. The Kier molecular flexibility index (Phi) is 5.38. The second-order valence-corrected chi connectivity index (χ2v) is 5.92. The van der Waals surface area contributed by atoms with E-state index in [4.69, 9.17) is 4.42 Å². The van der Waals surface area contributed by atoms with E-state index < -0.39 is 0 Å². The van der Waals surface area contributed by atoms with E-state index in [1.165, 1.54) is 0 Å². The molecule has 0 spiro atoms. The van der Waals surface area contributed by atoms with Gasteiger partial charge in [0.1, 0.15) is 0 Å². The number of rotatable bonds is 6. The summed E-state index contributed by atoms with van der Waals surface area (Å²) in [4.78, 5) is 4.68. The average molecular weight is 316 g/mol. The number of aromatic nitrogens is 2. The van der Waals surface area contributed by atoms with Crippen LogP contribution in [-0.2, 0) is 6.54 Å². The Morgan fingerprint density at radius 3 is 2.52 bits per heavy atom. The Balaban J connectivity index is 1.54. The van der Waals surface area contributed by atoms with E-state index in [-0.39, 0.29) is 12.6 Å². The highest BCUT2D eigenvalue weighted by Gasteiger charge is 2.23. The van der Waals surface area contributed by atoms with Crippen LogP contribution in [0, 0.1) is 0 Å². The standard InChI is InChI=1S/C17H24N4O2/c1-2-15(13-22)21-10-8-20(9-11-21)12-16-18-19-17(23-16)14-6-4-3-5-7-14/h3-7,15,22H,2,8-13H2,1H3. The SMILES string of the molecule is CCC(CO)N1CCN(Cc2nnc(-c3ccccc3)o2)CC1. The first-order valence-electron chi connectivity index (χ1n) is 8.25. The van der Waals surface area contributed by atoms with Crippen molar-refractivity contribution in [1.29, 1.82) is 0 Å². The van der Waals surface area contributed by atoms with Crippen molar-refractivity contribution < 1.29 is 9.52 Å². The number of aliphatic hydroxyl groups excluding tert-OH is 1. The van der Waals surface area contributed by atoms with Gasteiger partial charge in [-0.1, -0.05) is 25.1 Å². The van der Waals surface area contributed by atoms with Crippen molar-refractivity contribution in [2.75, 3.05) is 32.8 Å². The molecule has 0 radical (unpaired) electrons. The summed E-state index contributed by atoms with van der Waals surface area (Å²) in [7, 11) is 0. The van der Waals surface area contributed by atoms with Crippen molar-refractivity contribution in [3.8, 4) is 11.5 Å². The molecule has 3 rings (SSSR count). The summed E-state index contributed by atoms with van der Waals surface area (Å²) >= 11 is 0. The molecule has 1 aromatic carbocycles. The minimum absolute atomic E-state index is 0.237. The Morgan fingerprint density at radius 2 is 1.87 bits per heavy atom. The first-order valence-corrected chi connectivity index (χ1v) is 8.25. The molecule has 1 aliphatic heterocycles. The molecule has 1 aromatic heterocycles. The largest absolute Gasteiger partial charge is 0.419 e. The zero-order valence-electron chi connectivity index (χ0n) is 13.6. The minimum Gasteiger partial charge on any atom is -0.419 e. The van der Waals surface area contributed by atoms with E-state index in [1.54, 1.807) is 0 Å². The molecule has 124 valence electrons. The van der Waals surface area contributed by atoms with E-state index in [0.29, 0.717) is 18.3 Å². The Bertz CT molecular complexity index is 590. The van der Waals surface area contributed by atoms with Gasteiger partial charge in [0.15, 0.2) is 0 Å². The smallest absolute Gasteiger partial charge is 0.247 e. The predicted octanol–water partition coefficient (Wildman–Crippen LogP) is 1.63. The molecule has 0 bridgehead atoms. The minimum atomic E-state index is 0.237. The quantitative estimate of drug-likeness (QED) is 0.874. The zero-order chi connectivity index (χ0) is 16.1. The molecular weight excluding hydrogens is 292 g/mol. The van der Waals surface area contributed by atoms with Gasteiger partial charge in [-0.05, 0) is 18.6 Å². The Labute approximate surface area is 136 Å². The van der Waals surface area contributed by atoms with Crippen molar-refractivity contribution in [2.45, 2.75) is 25.9 Å². The summed E-state index contributed by atoms with van der Waals surface area (Å²) < 4.78 is 5.77. The molecule has 2 aromatic rings. The van der Waals surface area contributed by atoms with Crippen LogP contribution in [0.25, 0.3) is 11.5 Å². The fourth-order valence-electron chi connectivity index (χ4n) is 3.00. The lowest BCUT2D eigenvalue weighted by Gasteiger charge is -2.37. The molecule has 6 heteroatoms. The topological polar surface area (TPSA) is 65.6 Å². The summed E-state index contributed by atoms with van der Waals surface area (Å²) in [5, 5.41) is 17.7. The summed E-state index contributed by atoms with van der Waals surface area (Å²) in [6.45, 7) is 6.90. The first kappa shape index (κ1) is 16.1. The Hall–Kier alpha value is -1.76. The van der Waals surface area contributed by atoms with Crippen molar-refractivity contribution in [3.05, 3.63) is 36.2 Å². The second kappa shape index (κ2) is 7.68. The number of hydrogen-bond acceptors (Lipinski definition) is 6. The monoisotopic (exact) mass is 316 g/mol. The molecule has 1 unspecified atom stereocenters. The van der Waals surface area contributed by atoms with Gasteiger partial charge in [0, 0.05) is 37.8 Å². The second-order valence-electron chi connectivity index (χ2n) is 5.92. The normalized spacial score (nSPS) is 18.2. The van der Waals surface area contributed by atoms with Gasteiger partial charge in [0.25, 0.3) is 0 Å². The molecule has 1 atom stereocenters. The lowest BCUT2D eigenvalue weighted by Crippen LogP contribution is -2.50. The van der Waals surface area contributed by atoms with Crippen LogP contribution in [0.4, 0.5) is 0 Å². The van der Waals surface area contributed by atoms with Gasteiger partial charge in [-0.15, -0.1) is 10.2 Å². The predicted molar refractivity (Wildman–Crippen MR) is 87.7 cm³/mol.